The Morgan fingerprint density at radius 3 is 2.76 bits per heavy atom. The van der Waals surface area contributed by atoms with E-state index in [1.807, 2.05) is 0 Å². The third-order valence-corrected chi connectivity index (χ3v) is 2.91. The van der Waals surface area contributed by atoms with Crippen LogP contribution in [-0.2, 0) is 12.7 Å². The summed E-state index contributed by atoms with van der Waals surface area (Å²) in [4.78, 5) is 11.5. The van der Waals surface area contributed by atoms with Gasteiger partial charge in [0.1, 0.15) is 5.69 Å². The van der Waals surface area contributed by atoms with Gasteiger partial charge in [0.25, 0.3) is 5.56 Å². The van der Waals surface area contributed by atoms with Crippen molar-refractivity contribution in [1.29, 1.82) is 0 Å². The van der Waals surface area contributed by atoms with Crippen LogP contribution in [0.4, 0.5) is 13.2 Å². The fourth-order valence-corrected chi connectivity index (χ4v) is 2.09. The molecule has 1 aliphatic heterocycles. The van der Waals surface area contributed by atoms with Crippen LogP contribution in [0.25, 0.3) is 0 Å². The lowest BCUT2D eigenvalue weighted by atomic mass is 10.2. The molecule has 0 aromatic carbocycles. The minimum absolute atomic E-state index is 0.0452. The Kier molecular flexibility index (Phi) is 3.24. The molecule has 94 valence electrons. The number of halogens is 3. The summed E-state index contributed by atoms with van der Waals surface area (Å²) in [5, 5.41) is 3.08. The van der Waals surface area contributed by atoms with Gasteiger partial charge >= 0.3 is 6.18 Å². The number of rotatable bonds is 2. The van der Waals surface area contributed by atoms with Gasteiger partial charge in [0, 0.05) is 18.7 Å². The first kappa shape index (κ1) is 12.2. The van der Waals surface area contributed by atoms with Crippen molar-refractivity contribution in [2.75, 3.05) is 6.54 Å². The zero-order chi connectivity index (χ0) is 12.5. The number of alkyl halides is 3. The van der Waals surface area contributed by atoms with E-state index in [0.29, 0.717) is 0 Å². The first-order valence-corrected chi connectivity index (χ1v) is 5.49. The Morgan fingerprint density at radius 1 is 1.41 bits per heavy atom. The Labute approximate surface area is 96.3 Å². The second kappa shape index (κ2) is 4.52. The summed E-state index contributed by atoms with van der Waals surface area (Å²) >= 11 is 0. The van der Waals surface area contributed by atoms with E-state index in [1.165, 1.54) is 0 Å². The predicted molar refractivity (Wildman–Crippen MR) is 56.7 cm³/mol. The molecule has 0 radical (unpaired) electrons. The van der Waals surface area contributed by atoms with Crippen molar-refractivity contribution in [2.24, 2.45) is 0 Å². The minimum Gasteiger partial charge on any atom is -0.312 e. The van der Waals surface area contributed by atoms with Gasteiger partial charge in [-0.05, 0) is 25.5 Å². The second-order valence-corrected chi connectivity index (χ2v) is 4.15. The molecule has 1 fully saturated rings. The largest absolute Gasteiger partial charge is 0.431 e. The van der Waals surface area contributed by atoms with Crippen LogP contribution < -0.4 is 10.9 Å². The highest BCUT2D eigenvalue weighted by molar-refractivity contribution is 5.10. The van der Waals surface area contributed by atoms with E-state index in [4.69, 9.17) is 0 Å². The van der Waals surface area contributed by atoms with Crippen LogP contribution in [0, 0.1) is 0 Å². The van der Waals surface area contributed by atoms with Crippen molar-refractivity contribution >= 4 is 0 Å². The van der Waals surface area contributed by atoms with Crippen LogP contribution in [0.5, 0.6) is 0 Å². The minimum atomic E-state index is -4.49. The average Bonchev–Trinajstić information content (AvgIpc) is 2.72. The average molecular weight is 246 g/mol. The van der Waals surface area contributed by atoms with Gasteiger partial charge < -0.3 is 9.88 Å². The molecule has 0 bridgehead atoms. The molecule has 0 spiro atoms. The number of nitrogens with one attached hydrogen (secondary N) is 1. The van der Waals surface area contributed by atoms with E-state index in [2.05, 4.69) is 5.32 Å². The van der Waals surface area contributed by atoms with Crippen LogP contribution in [-0.4, -0.2) is 17.2 Å². The van der Waals surface area contributed by atoms with Gasteiger partial charge in [-0.15, -0.1) is 0 Å². The van der Waals surface area contributed by atoms with E-state index < -0.39 is 17.4 Å². The van der Waals surface area contributed by atoms with Crippen molar-refractivity contribution in [3.63, 3.8) is 0 Å². The number of aromatic nitrogens is 1. The normalized spacial score (nSPS) is 20.8. The van der Waals surface area contributed by atoms with Gasteiger partial charge in [0.2, 0.25) is 0 Å². The summed E-state index contributed by atoms with van der Waals surface area (Å²) in [5.41, 5.74) is -1.48. The Bertz CT molecular complexity index is 447. The molecule has 1 aromatic heterocycles. The van der Waals surface area contributed by atoms with E-state index in [9.17, 15) is 18.0 Å². The lowest BCUT2D eigenvalue weighted by Gasteiger charge is -2.18. The molecule has 6 heteroatoms. The maximum absolute atomic E-state index is 12.7. The van der Waals surface area contributed by atoms with Gasteiger partial charge in [-0.25, -0.2) is 0 Å². The van der Waals surface area contributed by atoms with Crippen LogP contribution in [0.3, 0.4) is 0 Å². The molecule has 1 aromatic rings. The molecule has 0 aliphatic carbocycles. The first-order chi connectivity index (χ1) is 7.98. The Balaban J connectivity index is 2.33. The van der Waals surface area contributed by atoms with Crippen LogP contribution in [0.15, 0.2) is 23.0 Å². The van der Waals surface area contributed by atoms with Gasteiger partial charge in [-0.1, -0.05) is 6.07 Å². The van der Waals surface area contributed by atoms with E-state index in [1.54, 1.807) is 0 Å². The van der Waals surface area contributed by atoms with E-state index in [0.717, 1.165) is 42.2 Å². The highest BCUT2D eigenvalue weighted by atomic mass is 19.4. The summed E-state index contributed by atoms with van der Waals surface area (Å²) < 4.78 is 39.0. The molecule has 3 nitrogen and oxygen atoms in total. The Morgan fingerprint density at radius 2 is 2.18 bits per heavy atom. The molecule has 0 amide bonds. The molecule has 1 aliphatic rings. The third-order valence-electron chi connectivity index (χ3n) is 2.91. The Hall–Kier alpha value is -1.30. The zero-order valence-electron chi connectivity index (χ0n) is 9.13. The number of hydrogen-bond acceptors (Lipinski definition) is 2. The monoisotopic (exact) mass is 246 g/mol. The number of hydrogen-bond donors (Lipinski definition) is 1. The zero-order valence-corrected chi connectivity index (χ0v) is 9.13. The van der Waals surface area contributed by atoms with Crippen LogP contribution in [0.2, 0.25) is 0 Å². The second-order valence-electron chi connectivity index (χ2n) is 4.15. The summed E-state index contributed by atoms with van der Waals surface area (Å²) in [6, 6.07) is 3.20. The molecule has 1 atom stereocenters. The lowest BCUT2D eigenvalue weighted by molar-refractivity contribution is -0.144. The van der Waals surface area contributed by atoms with Gasteiger partial charge in [-0.2, -0.15) is 13.2 Å². The maximum Gasteiger partial charge on any atom is 0.431 e. The highest BCUT2D eigenvalue weighted by Gasteiger charge is 2.34. The maximum atomic E-state index is 12.7. The quantitative estimate of drug-likeness (QED) is 0.860. The van der Waals surface area contributed by atoms with Crippen LogP contribution in [0.1, 0.15) is 18.5 Å². The van der Waals surface area contributed by atoms with Crippen LogP contribution >= 0.6 is 0 Å². The molecule has 0 saturated carbocycles. The predicted octanol–water partition coefficient (Wildman–Crippen LogP) is 1.62. The molecular formula is C11H13F3N2O. The summed E-state index contributed by atoms with van der Waals surface area (Å²) in [7, 11) is 0. The number of nitrogens with zero attached hydrogens (tertiary/aromatic N) is 1. The molecular weight excluding hydrogens is 233 g/mol. The van der Waals surface area contributed by atoms with Crippen molar-refractivity contribution in [2.45, 2.75) is 31.6 Å². The molecule has 2 heterocycles. The fraction of sp³-hybridized carbons (Fsp3) is 0.545. The smallest absolute Gasteiger partial charge is 0.312 e. The topological polar surface area (TPSA) is 34.0 Å². The molecule has 17 heavy (non-hydrogen) atoms. The highest BCUT2D eigenvalue weighted by Crippen LogP contribution is 2.28. The van der Waals surface area contributed by atoms with Crippen molar-refractivity contribution in [3.05, 3.63) is 34.2 Å². The first-order valence-electron chi connectivity index (χ1n) is 5.49. The van der Waals surface area contributed by atoms with Gasteiger partial charge in [-0.3, -0.25) is 4.79 Å². The van der Waals surface area contributed by atoms with Gasteiger partial charge in [0.15, 0.2) is 0 Å². The summed E-state index contributed by atoms with van der Waals surface area (Å²) in [5.74, 6) is 0. The van der Waals surface area contributed by atoms with E-state index >= 15 is 0 Å². The summed E-state index contributed by atoms with van der Waals surface area (Å²) in [6.07, 6.45) is -2.74. The van der Waals surface area contributed by atoms with Crippen molar-refractivity contribution in [3.8, 4) is 0 Å². The summed E-state index contributed by atoms with van der Waals surface area (Å²) in [6.45, 7) is 0.877. The SMILES string of the molecule is O=c1cccc(C(F)(F)F)n1CC1CCCN1. The van der Waals surface area contributed by atoms with E-state index in [-0.39, 0.29) is 12.6 Å². The molecule has 2 rings (SSSR count). The van der Waals surface area contributed by atoms with Crippen molar-refractivity contribution in [1.82, 2.24) is 9.88 Å². The van der Waals surface area contributed by atoms with Gasteiger partial charge in [0.05, 0.1) is 0 Å². The molecule has 1 saturated heterocycles. The standard InChI is InChI=1S/C11H13F3N2O/c12-11(13,14)9-4-1-5-10(17)16(9)7-8-3-2-6-15-8/h1,4-5,8,15H,2-3,6-7H2. The molecule has 1 N–H and O–H groups in total. The fourth-order valence-electron chi connectivity index (χ4n) is 2.09. The van der Waals surface area contributed by atoms with Crippen molar-refractivity contribution < 1.29 is 13.2 Å². The third kappa shape index (κ3) is 2.69. The lowest BCUT2D eigenvalue weighted by Crippen LogP contribution is -2.35. The number of pyridine rings is 1. The molecule has 1 unspecified atom stereocenters.